The minimum Gasteiger partial charge on any atom is -0.481 e. The number of carboxylic acids is 1. The number of hydrogen-bond acceptors (Lipinski definition) is 2. The lowest BCUT2D eigenvalue weighted by Gasteiger charge is -2.28. The van der Waals surface area contributed by atoms with E-state index in [0.29, 0.717) is 25.2 Å². The first-order valence-corrected chi connectivity index (χ1v) is 7.67. The Morgan fingerprint density at radius 1 is 0.947 bits per heavy atom. The van der Waals surface area contributed by atoms with Crippen LogP contribution in [0.3, 0.4) is 0 Å². The molecule has 0 aromatic rings. The van der Waals surface area contributed by atoms with Gasteiger partial charge in [0.05, 0.1) is 5.92 Å². The van der Waals surface area contributed by atoms with Gasteiger partial charge < -0.3 is 10.4 Å². The topological polar surface area (TPSA) is 66.4 Å². The molecule has 0 radical (unpaired) electrons. The summed E-state index contributed by atoms with van der Waals surface area (Å²) in [6, 6.07) is 0.201. The molecule has 0 aromatic heterocycles. The summed E-state index contributed by atoms with van der Waals surface area (Å²) in [6.45, 7) is 0. The highest BCUT2D eigenvalue weighted by molar-refractivity contribution is 5.76. The van der Waals surface area contributed by atoms with Gasteiger partial charge in [-0.15, -0.1) is 0 Å². The van der Waals surface area contributed by atoms with Gasteiger partial charge in [0.1, 0.15) is 0 Å². The zero-order chi connectivity index (χ0) is 13.7. The summed E-state index contributed by atoms with van der Waals surface area (Å²) in [5.41, 5.74) is 0. The fourth-order valence-corrected chi connectivity index (χ4v) is 3.42. The normalized spacial score (nSPS) is 28.8. The first-order valence-electron chi connectivity index (χ1n) is 7.67. The molecule has 0 aromatic carbocycles. The second-order valence-corrected chi connectivity index (χ2v) is 6.16. The monoisotopic (exact) mass is 267 g/mol. The molecule has 0 atom stereocenters. The quantitative estimate of drug-likeness (QED) is 0.823. The zero-order valence-corrected chi connectivity index (χ0v) is 11.6. The van der Waals surface area contributed by atoms with Crippen molar-refractivity contribution in [1.29, 1.82) is 0 Å². The van der Waals surface area contributed by atoms with E-state index >= 15 is 0 Å². The van der Waals surface area contributed by atoms with Crippen molar-refractivity contribution in [2.24, 2.45) is 11.8 Å². The molecule has 2 N–H and O–H groups in total. The molecule has 2 saturated carbocycles. The van der Waals surface area contributed by atoms with Crippen LogP contribution in [0.1, 0.15) is 64.2 Å². The summed E-state index contributed by atoms with van der Waals surface area (Å²) in [7, 11) is 0. The first kappa shape index (κ1) is 14.4. The van der Waals surface area contributed by atoms with Crippen molar-refractivity contribution in [2.75, 3.05) is 0 Å². The highest BCUT2D eigenvalue weighted by Gasteiger charge is 2.27. The molecular formula is C15H25NO3. The molecule has 2 aliphatic carbocycles. The molecule has 0 unspecified atom stereocenters. The molecule has 0 aliphatic heterocycles. The Bertz CT molecular complexity index is 315. The van der Waals surface area contributed by atoms with Crippen molar-refractivity contribution in [3.05, 3.63) is 0 Å². The SMILES string of the molecule is O=C(CC1CCCCC1)NC1CCC(C(=O)O)CC1. The molecule has 2 fully saturated rings. The van der Waals surface area contributed by atoms with E-state index in [1.165, 1.54) is 32.1 Å². The maximum Gasteiger partial charge on any atom is 0.306 e. The van der Waals surface area contributed by atoms with Gasteiger partial charge in [-0.25, -0.2) is 0 Å². The van der Waals surface area contributed by atoms with Crippen LogP contribution in [0.4, 0.5) is 0 Å². The molecule has 0 saturated heterocycles. The summed E-state index contributed by atoms with van der Waals surface area (Å²) in [5.74, 6) is -0.145. The van der Waals surface area contributed by atoms with E-state index in [1.54, 1.807) is 0 Å². The van der Waals surface area contributed by atoms with Crippen LogP contribution in [-0.2, 0) is 9.59 Å². The number of carboxylic acid groups (broad SMARTS) is 1. The predicted octanol–water partition coefficient (Wildman–Crippen LogP) is 2.72. The predicted molar refractivity (Wildman–Crippen MR) is 72.7 cm³/mol. The maximum absolute atomic E-state index is 12.0. The second-order valence-electron chi connectivity index (χ2n) is 6.16. The third-order valence-corrected chi connectivity index (χ3v) is 4.64. The van der Waals surface area contributed by atoms with E-state index in [1.807, 2.05) is 0 Å². The van der Waals surface area contributed by atoms with Crippen LogP contribution in [0.25, 0.3) is 0 Å². The second kappa shape index (κ2) is 6.92. The standard InChI is InChI=1S/C15H25NO3/c17-14(10-11-4-2-1-3-5-11)16-13-8-6-12(7-9-13)15(18)19/h11-13H,1-10H2,(H,16,17)(H,18,19). The van der Waals surface area contributed by atoms with Gasteiger partial charge in [0.25, 0.3) is 0 Å². The van der Waals surface area contributed by atoms with Crippen LogP contribution in [0.5, 0.6) is 0 Å². The molecule has 1 amide bonds. The molecule has 2 aliphatic rings. The first-order chi connectivity index (χ1) is 9.15. The molecule has 4 nitrogen and oxygen atoms in total. The zero-order valence-electron chi connectivity index (χ0n) is 11.6. The molecule has 0 bridgehead atoms. The number of amides is 1. The van der Waals surface area contributed by atoms with E-state index in [4.69, 9.17) is 5.11 Å². The van der Waals surface area contributed by atoms with Crippen molar-refractivity contribution in [3.8, 4) is 0 Å². The van der Waals surface area contributed by atoms with Gasteiger partial charge in [0.15, 0.2) is 0 Å². The highest BCUT2D eigenvalue weighted by Crippen LogP contribution is 2.27. The van der Waals surface area contributed by atoms with Crippen LogP contribution in [0, 0.1) is 11.8 Å². The fourth-order valence-electron chi connectivity index (χ4n) is 3.42. The van der Waals surface area contributed by atoms with Gasteiger partial charge in [-0.3, -0.25) is 9.59 Å². The van der Waals surface area contributed by atoms with Crippen molar-refractivity contribution < 1.29 is 14.7 Å². The minimum absolute atomic E-state index is 0.172. The van der Waals surface area contributed by atoms with E-state index in [2.05, 4.69) is 5.32 Å². The van der Waals surface area contributed by atoms with E-state index in [-0.39, 0.29) is 17.9 Å². The summed E-state index contributed by atoms with van der Waals surface area (Å²) in [5, 5.41) is 12.0. The molecule has 0 spiro atoms. The van der Waals surface area contributed by atoms with E-state index in [0.717, 1.165) is 12.8 Å². The number of carbonyl (C=O) groups excluding carboxylic acids is 1. The maximum atomic E-state index is 12.0. The Balaban J connectivity index is 1.67. The van der Waals surface area contributed by atoms with Crippen LogP contribution < -0.4 is 5.32 Å². The third kappa shape index (κ3) is 4.51. The summed E-state index contributed by atoms with van der Waals surface area (Å²) in [6.07, 6.45) is 9.92. The number of carbonyl (C=O) groups is 2. The van der Waals surface area contributed by atoms with Gasteiger partial charge in [-0.1, -0.05) is 19.3 Å². The Labute approximate surface area is 115 Å². The molecule has 19 heavy (non-hydrogen) atoms. The Morgan fingerprint density at radius 3 is 2.16 bits per heavy atom. The lowest BCUT2D eigenvalue weighted by Crippen LogP contribution is -2.39. The average molecular weight is 267 g/mol. The van der Waals surface area contributed by atoms with Crippen LogP contribution in [0.15, 0.2) is 0 Å². The molecular weight excluding hydrogens is 242 g/mol. The third-order valence-electron chi connectivity index (χ3n) is 4.64. The Hall–Kier alpha value is -1.06. The number of nitrogens with one attached hydrogen (secondary N) is 1. The van der Waals surface area contributed by atoms with Crippen molar-refractivity contribution in [2.45, 2.75) is 70.3 Å². The summed E-state index contributed by atoms with van der Waals surface area (Å²) >= 11 is 0. The largest absolute Gasteiger partial charge is 0.481 e. The summed E-state index contributed by atoms with van der Waals surface area (Å²) < 4.78 is 0. The average Bonchev–Trinajstić information content (AvgIpc) is 2.40. The van der Waals surface area contributed by atoms with Crippen LogP contribution in [-0.4, -0.2) is 23.0 Å². The molecule has 108 valence electrons. The van der Waals surface area contributed by atoms with Crippen molar-refractivity contribution in [1.82, 2.24) is 5.32 Å². The van der Waals surface area contributed by atoms with Crippen molar-refractivity contribution >= 4 is 11.9 Å². The smallest absolute Gasteiger partial charge is 0.306 e. The number of aliphatic carboxylic acids is 1. The number of hydrogen-bond donors (Lipinski definition) is 2. The molecule has 4 heteroatoms. The molecule has 0 heterocycles. The lowest BCUT2D eigenvalue weighted by molar-refractivity contribution is -0.142. The highest BCUT2D eigenvalue weighted by atomic mass is 16.4. The van der Waals surface area contributed by atoms with Gasteiger partial charge in [0.2, 0.25) is 5.91 Å². The van der Waals surface area contributed by atoms with Gasteiger partial charge in [0, 0.05) is 12.5 Å². The lowest BCUT2D eigenvalue weighted by atomic mass is 9.85. The number of rotatable bonds is 4. The fraction of sp³-hybridized carbons (Fsp3) is 0.867. The minimum atomic E-state index is -0.688. The van der Waals surface area contributed by atoms with E-state index in [9.17, 15) is 9.59 Å². The van der Waals surface area contributed by atoms with Crippen LogP contribution in [0.2, 0.25) is 0 Å². The van der Waals surface area contributed by atoms with Gasteiger partial charge >= 0.3 is 5.97 Å². The molecule has 2 rings (SSSR count). The van der Waals surface area contributed by atoms with Gasteiger partial charge in [-0.2, -0.15) is 0 Å². The van der Waals surface area contributed by atoms with Gasteiger partial charge in [-0.05, 0) is 44.4 Å². The Kier molecular flexibility index (Phi) is 5.23. The van der Waals surface area contributed by atoms with E-state index < -0.39 is 5.97 Å². The van der Waals surface area contributed by atoms with Crippen LogP contribution >= 0.6 is 0 Å². The summed E-state index contributed by atoms with van der Waals surface area (Å²) in [4.78, 5) is 22.8. The van der Waals surface area contributed by atoms with Crippen molar-refractivity contribution in [3.63, 3.8) is 0 Å². The Morgan fingerprint density at radius 2 is 1.58 bits per heavy atom.